The van der Waals surface area contributed by atoms with Crippen LogP contribution in [0.15, 0.2) is 59.2 Å². The van der Waals surface area contributed by atoms with E-state index in [1.807, 2.05) is 0 Å². The Morgan fingerprint density at radius 1 is 1.24 bits per heavy atom. The zero-order chi connectivity index (χ0) is 17.8. The van der Waals surface area contributed by atoms with Gasteiger partial charge in [0, 0.05) is 10.6 Å². The van der Waals surface area contributed by atoms with Crippen molar-refractivity contribution in [1.82, 2.24) is 0 Å². The van der Waals surface area contributed by atoms with Gasteiger partial charge < -0.3 is 14.6 Å². The Hall–Kier alpha value is -3.12. The number of carbonyl (C=O) groups is 2. The molecule has 0 saturated heterocycles. The highest BCUT2D eigenvalue weighted by Gasteiger charge is 2.24. The van der Waals surface area contributed by atoms with Crippen LogP contribution in [0, 0.1) is 0 Å². The summed E-state index contributed by atoms with van der Waals surface area (Å²) in [7, 11) is 0. The first-order chi connectivity index (χ1) is 12.0. The van der Waals surface area contributed by atoms with Crippen molar-refractivity contribution < 1.29 is 24.2 Å². The zero-order valence-corrected chi connectivity index (χ0v) is 13.6. The van der Waals surface area contributed by atoms with Crippen LogP contribution in [-0.4, -0.2) is 29.5 Å². The summed E-state index contributed by atoms with van der Waals surface area (Å²) in [5.41, 5.74) is 1.47. The summed E-state index contributed by atoms with van der Waals surface area (Å²) >= 11 is 5.93. The molecule has 0 atom stereocenters. The molecule has 6 nitrogen and oxygen atoms in total. The third kappa shape index (κ3) is 4.24. The quantitative estimate of drug-likeness (QED) is 0.656. The molecule has 3 rings (SSSR count). The Morgan fingerprint density at radius 2 is 2.00 bits per heavy atom. The predicted octanol–water partition coefficient (Wildman–Crippen LogP) is 3.15. The number of aliphatic imine (C=N–C) groups is 1. The maximum atomic E-state index is 12.0. The molecule has 0 aliphatic carbocycles. The second kappa shape index (κ2) is 7.19. The molecule has 0 fully saturated rings. The van der Waals surface area contributed by atoms with Crippen LogP contribution in [0.2, 0.25) is 5.02 Å². The van der Waals surface area contributed by atoms with Gasteiger partial charge >= 0.3 is 11.9 Å². The molecule has 1 aliphatic heterocycles. The number of halogens is 1. The van der Waals surface area contributed by atoms with Gasteiger partial charge in [-0.3, -0.25) is 0 Å². The maximum Gasteiger partial charge on any atom is 0.363 e. The number of benzene rings is 2. The number of cyclic esters (lactones) is 1. The second-order valence-corrected chi connectivity index (χ2v) is 5.53. The lowest BCUT2D eigenvalue weighted by atomic mass is 10.2. The lowest BCUT2D eigenvalue weighted by Gasteiger charge is -2.02. The fourth-order valence-corrected chi connectivity index (χ4v) is 2.31. The molecule has 1 heterocycles. The number of aliphatic carboxylic acids is 1. The van der Waals surface area contributed by atoms with Crippen molar-refractivity contribution in [1.29, 1.82) is 0 Å². The van der Waals surface area contributed by atoms with E-state index in [0.717, 1.165) is 0 Å². The zero-order valence-electron chi connectivity index (χ0n) is 12.8. The molecule has 2 aromatic rings. The number of esters is 1. The highest BCUT2D eigenvalue weighted by molar-refractivity contribution is 6.31. The van der Waals surface area contributed by atoms with E-state index in [1.54, 1.807) is 54.6 Å². The number of hydrogen-bond acceptors (Lipinski definition) is 5. The summed E-state index contributed by atoms with van der Waals surface area (Å²) in [6, 6.07) is 13.4. The Morgan fingerprint density at radius 3 is 2.68 bits per heavy atom. The number of rotatable bonds is 5. The van der Waals surface area contributed by atoms with Crippen molar-refractivity contribution in [3.05, 3.63) is 70.4 Å². The molecule has 0 aromatic heterocycles. The maximum absolute atomic E-state index is 12.0. The summed E-state index contributed by atoms with van der Waals surface area (Å²) in [6.45, 7) is -0.417. The minimum absolute atomic E-state index is 0.161. The molecule has 2 aromatic carbocycles. The third-order valence-electron chi connectivity index (χ3n) is 3.24. The molecular formula is C18H12ClNO5. The van der Waals surface area contributed by atoms with Gasteiger partial charge in [0.05, 0.1) is 0 Å². The van der Waals surface area contributed by atoms with Crippen molar-refractivity contribution in [2.45, 2.75) is 0 Å². The van der Waals surface area contributed by atoms with E-state index < -0.39 is 18.5 Å². The first-order valence-corrected chi connectivity index (χ1v) is 7.62. The van der Waals surface area contributed by atoms with Gasteiger partial charge in [0.2, 0.25) is 5.90 Å². The SMILES string of the molecule is O=C(O)COc1ccc(/C=C2\N=C(c3cccc(Cl)c3)OC2=O)cc1. The standard InChI is InChI=1S/C18H12ClNO5/c19-13-3-1-2-12(9-13)17-20-15(18(23)25-17)8-11-4-6-14(7-5-11)24-10-16(21)22/h1-9H,10H2,(H,21,22)/b15-8-. The Labute approximate surface area is 148 Å². The number of carboxylic acid groups (broad SMARTS) is 1. The fourth-order valence-electron chi connectivity index (χ4n) is 2.12. The van der Waals surface area contributed by atoms with E-state index in [1.165, 1.54) is 0 Å². The molecule has 126 valence electrons. The van der Waals surface area contributed by atoms with Crippen LogP contribution >= 0.6 is 11.6 Å². The first kappa shape index (κ1) is 16.7. The lowest BCUT2D eigenvalue weighted by Crippen LogP contribution is -2.09. The lowest BCUT2D eigenvalue weighted by molar-refractivity contribution is -0.139. The molecule has 0 radical (unpaired) electrons. The summed E-state index contributed by atoms with van der Waals surface area (Å²) in [5.74, 6) is -0.995. The minimum Gasteiger partial charge on any atom is -0.482 e. The molecule has 0 spiro atoms. The van der Waals surface area contributed by atoms with Crippen LogP contribution in [0.5, 0.6) is 5.75 Å². The molecule has 1 aliphatic rings. The largest absolute Gasteiger partial charge is 0.482 e. The van der Waals surface area contributed by atoms with E-state index in [0.29, 0.717) is 21.9 Å². The number of nitrogens with zero attached hydrogens (tertiary/aromatic N) is 1. The summed E-state index contributed by atoms with van der Waals surface area (Å²) < 4.78 is 10.2. The smallest absolute Gasteiger partial charge is 0.363 e. The van der Waals surface area contributed by atoms with Gasteiger partial charge in [-0.1, -0.05) is 29.8 Å². The van der Waals surface area contributed by atoms with Gasteiger partial charge in [0.1, 0.15) is 5.75 Å². The monoisotopic (exact) mass is 357 g/mol. The van der Waals surface area contributed by atoms with Crippen LogP contribution in [0.25, 0.3) is 6.08 Å². The molecule has 0 unspecified atom stereocenters. The second-order valence-electron chi connectivity index (χ2n) is 5.10. The van der Waals surface area contributed by atoms with Crippen LogP contribution in [0.4, 0.5) is 0 Å². The van der Waals surface area contributed by atoms with E-state index in [4.69, 9.17) is 26.2 Å². The van der Waals surface area contributed by atoms with Crippen LogP contribution in [0.1, 0.15) is 11.1 Å². The summed E-state index contributed by atoms with van der Waals surface area (Å²) in [6.07, 6.45) is 1.57. The summed E-state index contributed by atoms with van der Waals surface area (Å²) in [4.78, 5) is 26.6. The number of hydrogen-bond donors (Lipinski definition) is 1. The van der Waals surface area contributed by atoms with E-state index in [9.17, 15) is 9.59 Å². The van der Waals surface area contributed by atoms with E-state index in [-0.39, 0.29) is 11.6 Å². The highest BCUT2D eigenvalue weighted by atomic mass is 35.5. The summed E-state index contributed by atoms with van der Waals surface area (Å²) in [5, 5.41) is 9.09. The highest BCUT2D eigenvalue weighted by Crippen LogP contribution is 2.22. The molecule has 7 heteroatoms. The molecular weight excluding hydrogens is 346 g/mol. The van der Waals surface area contributed by atoms with Crippen molar-refractivity contribution in [2.24, 2.45) is 4.99 Å². The van der Waals surface area contributed by atoms with E-state index in [2.05, 4.69) is 4.99 Å². The average Bonchev–Trinajstić information content (AvgIpc) is 2.95. The van der Waals surface area contributed by atoms with E-state index >= 15 is 0 Å². The van der Waals surface area contributed by atoms with Gasteiger partial charge in [-0.25, -0.2) is 14.6 Å². The molecule has 25 heavy (non-hydrogen) atoms. The molecule has 0 saturated carbocycles. The van der Waals surface area contributed by atoms with Gasteiger partial charge in [0.25, 0.3) is 0 Å². The minimum atomic E-state index is -1.05. The number of carboxylic acids is 1. The normalized spacial score (nSPS) is 15.0. The number of carbonyl (C=O) groups excluding carboxylic acids is 1. The molecule has 0 amide bonds. The van der Waals surface area contributed by atoms with Crippen LogP contribution in [-0.2, 0) is 14.3 Å². The Kier molecular flexibility index (Phi) is 4.81. The predicted molar refractivity (Wildman–Crippen MR) is 91.6 cm³/mol. The number of ether oxygens (including phenoxy) is 2. The topological polar surface area (TPSA) is 85.2 Å². The Bertz CT molecular complexity index is 887. The Balaban J connectivity index is 1.78. The van der Waals surface area contributed by atoms with Crippen molar-refractivity contribution in [3.63, 3.8) is 0 Å². The molecule has 1 N–H and O–H groups in total. The van der Waals surface area contributed by atoms with Crippen LogP contribution in [0.3, 0.4) is 0 Å². The molecule has 0 bridgehead atoms. The third-order valence-corrected chi connectivity index (χ3v) is 3.47. The van der Waals surface area contributed by atoms with Crippen molar-refractivity contribution in [3.8, 4) is 5.75 Å². The van der Waals surface area contributed by atoms with Gasteiger partial charge in [-0.15, -0.1) is 0 Å². The average molecular weight is 358 g/mol. The van der Waals surface area contributed by atoms with Gasteiger partial charge in [-0.2, -0.15) is 0 Å². The van der Waals surface area contributed by atoms with Crippen LogP contribution < -0.4 is 4.74 Å². The van der Waals surface area contributed by atoms with Gasteiger partial charge in [0.15, 0.2) is 12.3 Å². The van der Waals surface area contributed by atoms with Crippen molar-refractivity contribution >= 4 is 35.5 Å². The first-order valence-electron chi connectivity index (χ1n) is 7.24. The fraction of sp³-hybridized carbons (Fsp3) is 0.0556. The van der Waals surface area contributed by atoms with Crippen molar-refractivity contribution in [2.75, 3.05) is 6.61 Å². The van der Waals surface area contributed by atoms with Gasteiger partial charge in [-0.05, 0) is 42.0 Å².